The average Bonchev–Trinajstić information content (AvgIpc) is 2.57. The van der Waals surface area contributed by atoms with Crippen LogP contribution in [0.25, 0.3) is 0 Å². The third kappa shape index (κ3) is 4.34. The topological polar surface area (TPSA) is 49.7 Å². The summed E-state index contributed by atoms with van der Waals surface area (Å²) >= 11 is 0. The zero-order valence-electron chi connectivity index (χ0n) is 14.2. The Bertz CT molecular complexity index is 508. The van der Waals surface area contributed by atoms with Gasteiger partial charge in [-0.1, -0.05) is 50.3 Å². The van der Waals surface area contributed by atoms with Gasteiger partial charge in [0.05, 0.1) is 24.9 Å². The minimum absolute atomic E-state index is 0.0195. The number of aliphatic hydroxyl groups is 2. The lowest BCUT2D eigenvalue weighted by Gasteiger charge is -2.33. The summed E-state index contributed by atoms with van der Waals surface area (Å²) in [6.07, 6.45) is 8.46. The molecular weight excluding hydrogens is 288 g/mol. The first-order valence-corrected chi connectivity index (χ1v) is 9.19. The first-order chi connectivity index (χ1) is 11.2. The van der Waals surface area contributed by atoms with E-state index in [4.69, 9.17) is 4.74 Å². The zero-order valence-corrected chi connectivity index (χ0v) is 14.2. The van der Waals surface area contributed by atoms with Crippen LogP contribution < -0.4 is 0 Å². The van der Waals surface area contributed by atoms with Gasteiger partial charge in [-0.25, -0.2) is 0 Å². The molecule has 1 aliphatic heterocycles. The molecule has 3 rings (SSSR count). The first-order valence-electron chi connectivity index (χ1n) is 9.19. The summed E-state index contributed by atoms with van der Waals surface area (Å²) in [5.74, 6) is 0.820. The van der Waals surface area contributed by atoms with E-state index in [0.717, 1.165) is 11.5 Å². The summed E-state index contributed by atoms with van der Waals surface area (Å²) in [6, 6.07) is 6.59. The fourth-order valence-electron chi connectivity index (χ4n) is 4.14. The van der Waals surface area contributed by atoms with Crippen LogP contribution in [0.2, 0.25) is 0 Å². The van der Waals surface area contributed by atoms with Crippen molar-refractivity contribution in [2.45, 2.75) is 76.6 Å². The molecule has 2 fully saturated rings. The number of ether oxygens (including phenoxy) is 1. The van der Waals surface area contributed by atoms with Crippen LogP contribution in [0.4, 0.5) is 0 Å². The molecule has 1 aliphatic carbocycles. The molecule has 1 aromatic carbocycles. The van der Waals surface area contributed by atoms with Crippen LogP contribution >= 0.6 is 0 Å². The van der Waals surface area contributed by atoms with Crippen molar-refractivity contribution < 1.29 is 14.9 Å². The van der Waals surface area contributed by atoms with Crippen molar-refractivity contribution >= 4 is 0 Å². The molecule has 128 valence electrons. The third-order valence-corrected chi connectivity index (χ3v) is 5.56. The van der Waals surface area contributed by atoms with Crippen LogP contribution in [0.15, 0.2) is 18.2 Å². The predicted molar refractivity (Wildman–Crippen MR) is 91.4 cm³/mol. The standard InChI is InChI=1S/C20H30O3/c1-14-7-8-16(20-12-18(22)11-19(13-21)23-20)10-17(14)9-15-5-3-2-4-6-15/h7-8,10,15,18-22H,2-6,9,11-13H2,1H3. The van der Waals surface area contributed by atoms with Crippen molar-refractivity contribution in [1.29, 1.82) is 0 Å². The van der Waals surface area contributed by atoms with E-state index >= 15 is 0 Å². The van der Waals surface area contributed by atoms with Gasteiger partial charge in [-0.3, -0.25) is 0 Å². The summed E-state index contributed by atoms with van der Waals surface area (Å²) in [7, 11) is 0. The van der Waals surface area contributed by atoms with Crippen LogP contribution in [0.3, 0.4) is 0 Å². The summed E-state index contributed by atoms with van der Waals surface area (Å²) in [5, 5.41) is 19.4. The van der Waals surface area contributed by atoms with Gasteiger partial charge >= 0.3 is 0 Å². The minimum Gasteiger partial charge on any atom is -0.394 e. The largest absolute Gasteiger partial charge is 0.394 e. The molecule has 23 heavy (non-hydrogen) atoms. The summed E-state index contributed by atoms with van der Waals surface area (Å²) in [5.41, 5.74) is 3.94. The lowest BCUT2D eigenvalue weighted by atomic mass is 9.83. The van der Waals surface area contributed by atoms with Crippen molar-refractivity contribution in [3.63, 3.8) is 0 Å². The number of aryl methyl sites for hydroxylation is 1. The quantitative estimate of drug-likeness (QED) is 0.890. The van der Waals surface area contributed by atoms with Crippen molar-refractivity contribution in [1.82, 2.24) is 0 Å². The van der Waals surface area contributed by atoms with E-state index in [0.29, 0.717) is 12.8 Å². The van der Waals surface area contributed by atoms with E-state index < -0.39 is 0 Å². The lowest BCUT2D eigenvalue weighted by molar-refractivity contribution is -0.113. The monoisotopic (exact) mass is 318 g/mol. The summed E-state index contributed by atoms with van der Waals surface area (Å²) < 4.78 is 5.97. The van der Waals surface area contributed by atoms with Crippen LogP contribution in [0.1, 0.15) is 67.7 Å². The van der Waals surface area contributed by atoms with E-state index in [2.05, 4.69) is 25.1 Å². The van der Waals surface area contributed by atoms with Crippen molar-refractivity contribution in [2.75, 3.05) is 6.61 Å². The van der Waals surface area contributed by atoms with Crippen LogP contribution in [0.5, 0.6) is 0 Å². The molecule has 0 radical (unpaired) electrons. The first kappa shape index (κ1) is 16.9. The number of benzene rings is 1. The van der Waals surface area contributed by atoms with Crippen LogP contribution in [-0.2, 0) is 11.2 Å². The summed E-state index contributed by atoms with van der Waals surface area (Å²) in [4.78, 5) is 0. The minimum atomic E-state index is -0.381. The maximum atomic E-state index is 10.0. The van der Waals surface area contributed by atoms with Gasteiger partial charge in [-0.15, -0.1) is 0 Å². The molecule has 3 nitrogen and oxygen atoms in total. The normalized spacial score (nSPS) is 29.6. The number of hydrogen-bond donors (Lipinski definition) is 2. The highest BCUT2D eigenvalue weighted by Crippen LogP contribution is 2.34. The Morgan fingerprint density at radius 2 is 1.91 bits per heavy atom. The van der Waals surface area contributed by atoms with E-state index in [1.807, 2.05) is 0 Å². The van der Waals surface area contributed by atoms with E-state index in [9.17, 15) is 10.2 Å². The van der Waals surface area contributed by atoms with Crippen molar-refractivity contribution in [3.05, 3.63) is 34.9 Å². The van der Waals surface area contributed by atoms with Gasteiger partial charge in [-0.2, -0.15) is 0 Å². The highest BCUT2D eigenvalue weighted by Gasteiger charge is 2.29. The fraction of sp³-hybridized carbons (Fsp3) is 0.700. The molecule has 1 heterocycles. The van der Waals surface area contributed by atoms with Crippen LogP contribution in [-0.4, -0.2) is 29.0 Å². The smallest absolute Gasteiger partial charge is 0.0854 e. The Hall–Kier alpha value is -0.900. The predicted octanol–water partition coefficient (Wildman–Crippen LogP) is 3.69. The molecule has 3 heteroatoms. The molecule has 0 spiro atoms. The number of rotatable bonds is 4. The van der Waals surface area contributed by atoms with Gasteiger partial charge in [0.2, 0.25) is 0 Å². The molecular formula is C20H30O3. The fourth-order valence-corrected chi connectivity index (χ4v) is 4.14. The molecule has 2 N–H and O–H groups in total. The highest BCUT2D eigenvalue weighted by atomic mass is 16.5. The lowest BCUT2D eigenvalue weighted by Crippen LogP contribution is -2.33. The Labute approximate surface area is 139 Å². The second-order valence-electron chi connectivity index (χ2n) is 7.45. The Balaban J connectivity index is 1.73. The van der Waals surface area contributed by atoms with E-state index in [1.165, 1.54) is 49.7 Å². The maximum absolute atomic E-state index is 10.0. The molecule has 1 saturated carbocycles. The summed E-state index contributed by atoms with van der Waals surface area (Å²) in [6.45, 7) is 2.17. The SMILES string of the molecule is Cc1ccc(C2CC(O)CC(CO)O2)cc1CC1CCCCC1. The molecule has 3 unspecified atom stereocenters. The third-order valence-electron chi connectivity index (χ3n) is 5.56. The van der Waals surface area contributed by atoms with E-state index in [-0.39, 0.29) is 24.9 Å². The van der Waals surface area contributed by atoms with Gasteiger partial charge in [0.25, 0.3) is 0 Å². The number of aliphatic hydroxyl groups excluding tert-OH is 2. The molecule has 1 aromatic rings. The highest BCUT2D eigenvalue weighted by molar-refractivity contribution is 5.33. The van der Waals surface area contributed by atoms with Crippen molar-refractivity contribution in [3.8, 4) is 0 Å². The molecule has 0 aromatic heterocycles. The van der Waals surface area contributed by atoms with Crippen LogP contribution in [0, 0.1) is 12.8 Å². The second kappa shape index (κ2) is 7.78. The van der Waals surface area contributed by atoms with Gasteiger partial charge in [0.15, 0.2) is 0 Å². The Kier molecular flexibility index (Phi) is 5.73. The number of hydrogen-bond acceptors (Lipinski definition) is 3. The molecule has 0 amide bonds. The molecule has 3 atom stereocenters. The molecule has 1 saturated heterocycles. The van der Waals surface area contributed by atoms with Crippen molar-refractivity contribution in [2.24, 2.45) is 5.92 Å². The van der Waals surface area contributed by atoms with Gasteiger partial charge in [-0.05, 0) is 36.0 Å². The average molecular weight is 318 g/mol. The van der Waals surface area contributed by atoms with Gasteiger partial charge < -0.3 is 14.9 Å². The molecule has 2 aliphatic rings. The molecule has 0 bridgehead atoms. The van der Waals surface area contributed by atoms with E-state index in [1.54, 1.807) is 0 Å². The zero-order chi connectivity index (χ0) is 16.2. The van der Waals surface area contributed by atoms with Gasteiger partial charge in [0.1, 0.15) is 0 Å². The Morgan fingerprint density at radius 3 is 2.65 bits per heavy atom. The second-order valence-corrected chi connectivity index (χ2v) is 7.45. The maximum Gasteiger partial charge on any atom is 0.0854 e. The Morgan fingerprint density at radius 1 is 1.13 bits per heavy atom. The van der Waals surface area contributed by atoms with Gasteiger partial charge in [0, 0.05) is 12.8 Å².